The molecule has 0 aromatic rings. The molecule has 0 aromatic heterocycles. The Balaban J connectivity index is 2.64. The second-order valence-electron chi connectivity index (χ2n) is 4.13. The molecule has 0 bridgehead atoms. The van der Waals surface area contributed by atoms with E-state index in [4.69, 9.17) is 0 Å². The molecule has 0 N–H and O–H groups in total. The number of hydrogen-bond donors (Lipinski definition) is 0. The van der Waals surface area contributed by atoms with Crippen molar-refractivity contribution in [2.24, 2.45) is 0 Å². The summed E-state index contributed by atoms with van der Waals surface area (Å²) in [5, 5.41) is 0. The first-order valence-electron chi connectivity index (χ1n) is 6.15. The van der Waals surface area contributed by atoms with Crippen molar-refractivity contribution in [3.63, 3.8) is 0 Å². The van der Waals surface area contributed by atoms with Gasteiger partial charge in [-0.3, -0.25) is 14.5 Å². The smallest absolute Gasteiger partial charge is 0.248 e. The predicted molar refractivity (Wildman–Crippen MR) is 62.8 cm³/mol. The maximum Gasteiger partial charge on any atom is 0.248 e. The largest absolute Gasteiger partial charge is 0.341 e. The lowest BCUT2D eigenvalue weighted by atomic mass is 10.1. The van der Waals surface area contributed by atoms with Gasteiger partial charge in [-0.15, -0.1) is 0 Å². The van der Waals surface area contributed by atoms with Crippen molar-refractivity contribution < 1.29 is 9.59 Å². The van der Waals surface area contributed by atoms with Gasteiger partial charge < -0.3 is 4.90 Å². The second-order valence-corrected chi connectivity index (χ2v) is 4.13. The summed E-state index contributed by atoms with van der Waals surface area (Å²) in [6, 6.07) is -0.680. The number of hydrogen-bond acceptors (Lipinski definition) is 3. The van der Waals surface area contributed by atoms with Gasteiger partial charge in [0.25, 0.3) is 0 Å². The Morgan fingerprint density at radius 1 is 1.25 bits per heavy atom. The summed E-state index contributed by atoms with van der Waals surface area (Å²) < 4.78 is 0. The van der Waals surface area contributed by atoms with Crippen LogP contribution in [0.25, 0.3) is 0 Å². The average Bonchev–Trinajstić information content (AvgIpc) is 2.33. The fraction of sp³-hybridized carbons (Fsp3) is 0.833. The van der Waals surface area contributed by atoms with Gasteiger partial charge in [-0.05, 0) is 39.8 Å². The normalized spacial score (nSPS) is 19.1. The minimum Gasteiger partial charge on any atom is -0.341 e. The molecule has 16 heavy (non-hydrogen) atoms. The molecule has 91 valence electrons. The summed E-state index contributed by atoms with van der Waals surface area (Å²) in [7, 11) is 0. The van der Waals surface area contributed by atoms with Gasteiger partial charge in [0.1, 0.15) is 0 Å². The summed E-state index contributed by atoms with van der Waals surface area (Å²) in [5.41, 5.74) is 0. The van der Waals surface area contributed by atoms with Crippen LogP contribution < -0.4 is 0 Å². The molecule has 1 aliphatic heterocycles. The molecular formula is C12H21N2O2. The summed E-state index contributed by atoms with van der Waals surface area (Å²) >= 11 is 0. The van der Waals surface area contributed by atoms with Crippen LogP contribution in [0.2, 0.25) is 0 Å². The van der Waals surface area contributed by atoms with E-state index in [0.29, 0.717) is 13.1 Å². The second kappa shape index (κ2) is 6.63. The Labute approximate surface area is 97.6 Å². The van der Waals surface area contributed by atoms with Crippen molar-refractivity contribution in [3.05, 3.63) is 0 Å². The molecule has 1 atom stereocenters. The first-order chi connectivity index (χ1) is 7.74. The Morgan fingerprint density at radius 2 is 1.81 bits per heavy atom. The topological polar surface area (TPSA) is 40.6 Å². The van der Waals surface area contributed by atoms with Crippen LogP contribution in [-0.4, -0.2) is 54.2 Å². The van der Waals surface area contributed by atoms with Gasteiger partial charge >= 0.3 is 0 Å². The van der Waals surface area contributed by atoms with Crippen LogP contribution in [0, 0.1) is 0 Å². The van der Waals surface area contributed by atoms with Crippen LogP contribution in [0.5, 0.6) is 0 Å². The highest BCUT2D eigenvalue weighted by atomic mass is 16.2. The maximum absolute atomic E-state index is 12.1. The summed E-state index contributed by atoms with van der Waals surface area (Å²) in [4.78, 5) is 26.7. The molecule has 1 radical (unpaired) electrons. The first kappa shape index (κ1) is 13.2. The monoisotopic (exact) mass is 225 g/mol. The van der Waals surface area contributed by atoms with Crippen molar-refractivity contribution in [2.75, 3.05) is 26.2 Å². The van der Waals surface area contributed by atoms with Gasteiger partial charge in [0.15, 0.2) is 6.04 Å². The van der Waals surface area contributed by atoms with E-state index in [1.54, 1.807) is 4.90 Å². The number of rotatable bonds is 5. The summed E-state index contributed by atoms with van der Waals surface area (Å²) in [6.07, 6.45) is 5.25. The van der Waals surface area contributed by atoms with E-state index < -0.39 is 6.04 Å². The molecule has 1 amide bonds. The van der Waals surface area contributed by atoms with E-state index in [0.717, 1.165) is 25.9 Å². The first-order valence-corrected chi connectivity index (χ1v) is 6.15. The molecule has 0 aliphatic carbocycles. The minimum absolute atomic E-state index is 0.0955. The lowest BCUT2D eigenvalue weighted by Crippen LogP contribution is -2.51. The number of nitrogens with zero attached hydrogens (tertiary/aromatic N) is 2. The Morgan fingerprint density at radius 3 is 2.25 bits per heavy atom. The van der Waals surface area contributed by atoms with Crippen LogP contribution >= 0.6 is 0 Å². The number of carbonyl (C=O) groups is 1. The molecule has 0 saturated carbocycles. The molecule has 1 saturated heterocycles. The van der Waals surface area contributed by atoms with Gasteiger partial charge in [-0.1, -0.05) is 6.42 Å². The zero-order valence-corrected chi connectivity index (χ0v) is 10.2. The van der Waals surface area contributed by atoms with E-state index in [2.05, 4.69) is 0 Å². The molecule has 1 unspecified atom stereocenters. The minimum atomic E-state index is -0.680. The highest BCUT2D eigenvalue weighted by molar-refractivity contribution is 5.96. The quantitative estimate of drug-likeness (QED) is 0.650. The average molecular weight is 225 g/mol. The van der Waals surface area contributed by atoms with Crippen molar-refractivity contribution in [1.29, 1.82) is 0 Å². The number of piperidine rings is 1. The predicted octanol–water partition coefficient (Wildman–Crippen LogP) is 0.819. The zero-order valence-electron chi connectivity index (χ0n) is 10.2. The highest BCUT2D eigenvalue weighted by Gasteiger charge is 2.29. The molecule has 1 fully saturated rings. The Kier molecular flexibility index (Phi) is 5.46. The lowest BCUT2D eigenvalue weighted by Gasteiger charge is -2.32. The fourth-order valence-corrected chi connectivity index (χ4v) is 2.17. The van der Waals surface area contributed by atoms with E-state index in [9.17, 15) is 9.59 Å². The van der Waals surface area contributed by atoms with Crippen molar-refractivity contribution in [3.8, 4) is 0 Å². The summed E-state index contributed by atoms with van der Waals surface area (Å²) in [5.74, 6) is -0.0955. The van der Waals surface area contributed by atoms with Gasteiger partial charge in [-0.2, -0.15) is 0 Å². The van der Waals surface area contributed by atoms with E-state index in [-0.39, 0.29) is 5.91 Å². The third-order valence-corrected chi connectivity index (χ3v) is 3.18. The van der Waals surface area contributed by atoms with Crippen LogP contribution in [0.3, 0.4) is 0 Å². The molecular weight excluding hydrogens is 204 g/mol. The third kappa shape index (κ3) is 3.04. The highest BCUT2D eigenvalue weighted by Crippen LogP contribution is 2.12. The maximum atomic E-state index is 12.1. The van der Waals surface area contributed by atoms with Crippen LogP contribution in [0.4, 0.5) is 0 Å². The molecule has 1 heterocycles. The molecule has 0 spiro atoms. The fourth-order valence-electron chi connectivity index (χ4n) is 2.17. The number of likely N-dealkylation sites (N-methyl/N-ethyl adjacent to an activating group) is 1. The van der Waals surface area contributed by atoms with Crippen LogP contribution in [-0.2, 0) is 9.59 Å². The zero-order chi connectivity index (χ0) is 12.0. The molecule has 1 aliphatic rings. The van der Waals surface area contributed by atoms with Gasteiger partial charge in [0.05, 0.1) is 0 Å². The van der Waals surface area contributed by atoms with Crippen molar-refractivity contribution >= 4 is 12.2 Å². The standard InChI is InChI=1S/C12H21N2O2/c1-3-13(4-2)12(16)11(10-15)14-8-6-5-7-9-14/h11H,3-9H2,1-2H3. The lowest BCUT2D eigenvalue weighted by molar-refractivity contribution is -0.134. The van der Waals surface area contributed by atoms with Crippen molar-refractivity contribution in [1.82, 2.24) is 9.80 Å². The Hall–Kier alpha value is -0.900. The molecule has 0 aromatic carbocycles. The van der Waals surface area contributed by atoms with Gasteiger partial charge in [-0.25, -0.2) is 0 Å². The Bertz CT molecular complexity index is 233. The molecule has 4 nitrogen and oxygen atoms in total. The van der Waals surface area contributed by atoms with E-state index >= 15 is 0 Å². The van der Waals surface area contributed by atoms with E-state index in [1.807, 2.05) is 25.0 Å². The molecule has 1 rings (SSSR count). The number of carbonyl (C=O) groups excluding carboxylic acids is 2. The molecule has 4 heteroatoms. The van der Waals surface area contributed by atoms with Crippen molar-refractivity contribution in [2.45, 2.75) is 39.2 Å². The summed E-state index contributed by atoms with van der Waals surface area (Å²) in [6.45, 7) is 6.85. The SMILES string of the molecule is CCN(CC)C(=O)C([C]=O)N1CCCCC1. The van der Waals surface area contributed by atoms with Crippen LogP contribution in [0.1, 0.15) is 33.1 Å². The third-order valence-electron chi connectivity index (χ3n) is 3.18. The van der Waals surface area contributed by atoms with Gasteiger partial charge in [0, 0.05) is 13.1 Å². The van der Waals surface area contributed by atoms with Crippen LogP contribution in [0.15, 0.2) is 0 Å². The van der Waals surface area contributed by atoms with E-state index in [1.165, 1.54) is 6.42 Å². The van der Waals surface area contributed by atoms with Gasteiger partial charge in [0.2, 0.25) is 12.2 Å². The number of amides is 1. The number of likely N-dealkylation sites (tertiary alicyclic amines) is 1.